The van der Waals surface area contributed by atoms with Crippen LogP contribution in [0.5, 0.6) is 17.2 Å². The number of hydrogen-bond acceptors (Lipinski definition) is 3. The minimum atomic E-state index is -1.16. The van der Waals surface area contributed by atoms with Crippen LogP contribution in [-0.4, -0.2) is 5.11 Å². The van der Waals surface area contributed by atoms with Crippen molar-refractivity contribution in [3.05, 3.63) is 90.5 Å². The second-order valence-corrected chi connectivity index (χ2v) is 8.47. The van der Waals surface area contributed by atoms with E-state index in [4.69, 9.17) is 9.47 Å². The van der Waals surface area contributed by atoms with Crippen molar-refractivity contribution in [3.63, 3.8) is 0 Å². The van der Waals surface area contributed by atoms with Crippen LogP contribution < -0.4 is 9.47 Å². The van der Waals surface area contributed by atoms with Gasteiger partial charge in [-0.1, -0.05) is 101 Å². The van der Waals surface area contributed by atoms with Crippen LogP contribution in [0.4, 0.5) is 0 Å². The van der Waals surface area contributed by atoms with Gasteiger partial charge >= 0.3 is 0 Å². The Kier molecular flexibility index (Phi) is 9.03. The predicted octanol–water partition coefficient (Wildman–Crippen LogP) is 8.09. The summed E-state index contributed by atoms with van der Waals surface area (Å²) in [6.45, 7) is 4.40. The molecule has 1 unspecified atom stereocenters. The molecule has 1 N–H and O–H groups in total. The van der Waals surface area contributed by atoms with Crippen LogP contribution in [0.15, 0.2) is 84.9 Å². The highest BCUT2D eigenvalue weighted by Gasteiger charge is 2.45. The first-order valence-corrected chi connectivity index (χ1v) is 11.9. The third kappa shape index (κ3) is 6.29. The molecule has 0 aliphatic rings. The standard InChI is InChI=1S/C29H36O3/c1-3-4-5-6-7-10-17-24(2)29(27-22-15-16-23-28(27)30,31-25-18-11-8-12-19-25)32-26-20-13-9-14-21-26/h8-9,11-16,18-24,30H,3-7,10,17H2,1-2H3. The van der Waals surface area contributed by atoms with E-state index in [1.807, 2.05) is 78.9 Å². The molecule has 170 valence electrons. The molecule has 1 atom stereocenters. The maximum atomic E-state index is 10.9. The van der Waals surface area contributed by atoms with E-state index in [1.54, 1.807) is 6.07 Å². The summed E-state index contributed by atoms with van der Waals surface area (Å²) in [7, 11) is 0. The number of aromatic hydroxyl groups is 1. The molecule has 0 aromatic heterocycles. The Morgan fingerprint density at radius 2 is 1.19 bits per heavy atom. The highest BCUT2D eigenvalue weighted by Crippen LogP contribution is 2.43. The quantitative estimate of drug-likeness (QED) is 0.219. The molecular weight excluding hydrogens is 396 g/mol. The predicted molar refractivity (Wildman–Crippen MR) is 131 cm³/mol. The molecule has 3 rings (SSSR count). The molecule has 0 aliphatic heterocycles. The normalized spacial score (nSPS) is 12.3. The molecule has 0 spiro atoms. The summed E-state index contributed by atoms with van der Waals surface area (Å²) in [5.41, 5.74) is 0.645. The number of unbranched alkanes of at least 4 members (excludes halogenated alkanes) is 5. The summed E-state index contributed by atoms with van der Waals surface area (Å²) in [5.74, 6) is 0.441. The van der Waals surface area contributed by atoms with Gasteiger partial charge in [-0.15, -0.1) is 0 Å². The van der Waals surface area contributed by atoms with Gasteiger partial charge in [0.2, 0.25) is 0 Å². The lowest BCUT2D eigenvalue weighted by molar-refractivity contribution is -0.164. The van der Waals surface area contributed by atoms with Gasteiger partial charge in [-0.2, -0.15) is 0 Å². The average molecular weight is 433 g/mol. The van der Waals surface area contributed by atoms with Crippen molar-refractivity contribution < 1.29 is 14.6 Å². The van der Waals surface area contributed by atoms with Gasteiger partial charge in [0.1, 0.15) is 17.2 Å². The zero-order valence-corrected chi connectivity index (χ0v) is 19.4. The van der Waals surface area contributed by atoms with E-state index in [9.17, 15) is 5.11 Å². The minimum absolute atomic E-state index is 0.00221. The van der Waals surface area contributed by atoms with Gasteiger partial charge in [-0.05, 0) is 42.8 Å². The third-order valence-electron chi connectivity index (χ3n) is 5.94. The van der Waals surface area contributed by atoms with Crippen LogP contribution in [0, 0.1) is 5.92 Å². The molecule has 32 heavy (non-hydrogen) atoms. The summed E-state index contributed by atoms with van der Waals surface area (Å²) in [6, 6.07) is 26.8. The summed E-state index contributed by atoms with van der Waals surface area (Å²) < 4.78 is 13.3. The highest BCUT2D eigenvalue weighted by molar-refractivity contribution is 5.39. The van der Waals surface area contributed by atoms with Crippen LogP contribution in [0.1, 0.15) is 64.4 Å². The van der Waals surface area contributed by atoms with Crippen molar-refractivity contribution in [3.8, 4) is 17.2 Å². The molecule has 0 fully saturated rings. The van der Waals surface area contributed by atoms with Crippen molar-refractivity contribution in [1.29, 1.82) is 0 Å². The smallest absolute Gasteiger partial charge is 0.284 e. The van der Waals surface area contributed by atoms with Gasteiger partial charge in [0.15, 0.2) is 0 Å². The molecule has 3 nitrogen and oxygen atoms in total. The van der Waals surface area contributed by atoms with Crippen molar-refractivity contribution in [1.82, 2.24) is 0 Å². The largest absolute Gasteiger partial charge is 0.507 e. The van der Waals surface area contributed by atoms with Crippen molar-refractivity contribution in [2.24, 2.45) is 5.92 Å². The van der Waals surface area contributed by atoms with Gasteiger partial charge in [0, 0.05) is 5.92 Å². The molecule has 0 aliphatic carbocycles. The fourth-order valence-electron chi connectivity index (χ4n) is 4.11. The van der Waals surface area contributed by atoms with E-state index in [2.05, 4.69) is 13.8 Å². The summed E-state index contributed by atoms with van der Waals surface area (Å²) in [4.78, 5) is 0. The van der Waals surface area contributed by atoms with Gasteiger partial charge < -0.3 is 14.6 Å². The fraction of sp³-hybridized carbons (Fsp3) is 0.379. The Morgan fingerprint density at radius 1 is 0.688 bits per heavy atom. The van der Waals surface area contributed by atoms with E-state index in [0.29, 0.717) is 17.1 Å². The number of phenolic OH excluding ortho intramolecular Hbond substituents is 1. The lowest BCUT2D eigenvalue weighted by Crippen LogP contribution is -2.45. The van der Waals surface area contributed by atoms with Gasteiger partial charge in [0.05, 0.1) is 5.56 Å². The number of rotatable bonds is 13. The first kappa shape index (κ1) is 23.7. The molecular formula is C29H36O3. The van der Waals surface area contributed by atoms with Crippen LogP contribution in [0.3, 0.4) is 0 Å². The summed E-state index contributed by atoms with van der Waals surface area (Å²) >= 11 is 0. The van der Waals surface area contributed by atoms with E-state index in [0.717, 1.165) is 12.8 Å². The zero-order chi connectivity index (χ0) is 22.7. The first-order valence-electron chi connectivity index (χ1n) is 11.9. The Morgan fingerprint density at radius 3 is 1.75 bits per heavy atom. The molecule has 3 aromatic carbocycles. The fourth-order valence-corrected chi connectivity index (χ4v) is 4.11. The lowest BCUT2D eigenvalue weighted by Gasteiger charge is -2.40. The maximum absolute atomic E-state index is 10.9. The molecule has 0 saturated heterocycles. The Balaban J connectivity index is 1.95. The summed E-state index contributed by atoms with van der Waals surface area (Å²) in [5, 5.41) is 10.9. The molecule has 3 heteroatoms. The van der Waals surface area contributed by atoms with E-state index < -0.39 is 5.79 Å². The highest BCUT2D eigenvalue weighted by atomic mass is 16.7. The number of benzene rings is 3. The van der Waals surface area contributed by atoms with E-state index in [-0.39, 0.29) is 11.7 Å². The minimum Gasteiger partial charge on any atom is -0.507 e. The van der Waals surface area contributed by atoms with Gasteiger partial charge in [0.25, 0.3) is 5.79 Å². The third-order valence-corrected chi connectivity index (χ3v) is 5.94. The molecule has 0 radical (unpaired) electrons. The lowest BCUT2D eigenvalue weighted by atomic mass is 9.87. The number of phenols is 1. The van der Waals surface area contributed by atoms with Crippen LogP contribution >= 0.6 is 0 Å². The Bertz CT molecular complexity index is 866. The number of hydrogen-bond donors (Lipinski definition) is 1. The second-order valence-electron chi connectivity index (χ2n) is 8.47. The SMILES string of the molecule is CCCCCCCCC(C)C(Oc1ccccc1)(Oc1ccccc1)c1ccccc1O. The molecule has 0 saturated carbocycles. The number of para-hydroxylation sites is 3. The van der Waals surface area contributed by atoms with E-state index in [1.165, 1.54) is 32.1 Å². The van der Waals surface area contributed by atoms with Crippen molar-refractivity contribution in [2.75, 3.05) is 0 Å². The van der Waals surface area contributed by atoms with Crippen molar-refractivity contribution in [2.45, 2.75) is 64.6 Å². The second kappa shape index (κ2) is 12.2. The Hall–Kier alpha value is -2.94. The molecule has 0 amide bonds. The van der Waals surface area contributed by atoms with Crippen LogP contribution in [0.25, 0.3) is 0 Å². The van der Waals surface area contributed by atoms with Crippen LogP contribution in [-0.2, 0) is 5.79 Å². The summed E-state index contributed by atoms with van der Waals surface area (Å²) in [6.07, 6.45) is 8.31. The number of ether oxygens (including phenoxy) is 2. The van der Waals surface area contributed by atoms with E-state index >= 15 is 0 Å². The molecule has 0 heterocycles. The van der Waals surface area contributed by atoms with Crippen molar-refractivity contribution >= 4 is 0 Å². The monoisotopic (exact) mass is 432 g/mol. The maximum Gasteiger partial charge on any atom is 0.284 e. The first-order chi connectivity index (χ1) is 15.7. The van der Waals surface area contributed by atoms with Crippen LogP contribution in [0.2, 0.25) is 0 Å². The van der Waals surface area contributed by atoms with Gasteiger partial charge in [-0.25, -0.2) is 0 Å². The molecule has 3 aromatic rings. The van der Waals surface area contributed by atoms with Gasteiger partial charge in [-0.3, -0.25) is 0 Å². The Labute approximate surface area is 193 Å². The molecule has 0 bridgehead atoms. The zero-order valence-electron chi connectivity index (χ0n) is 19.4. The average Bonchev–Trinajstić information content (AvgIpc) is 2.82. The topological polar surface area (TPSA) is 38.7 Å².